The number of hydrogen-bond donors (Lipinski definition) is 2. The van der Waals surface area contributed by atoms with Crippen LogP contribution in [-0.4, -0.2) is 23.2 Å². The molecule has 1 aromatic heterocycles. The Balaban J connectivity index is 1.82. The lowest BCUT2D eigenvalue weighted by molar-refractivity contribution is -0.0301. The second-order valence-electron chi connectivity index (χ2n) is 5.46. The first-order valence-electron chi connectivity index (χ1n) is 6.68. The number of rotatable bonds is 3. The molecular formula is C15H16FNO3. The van der Waals surface area contributed by atoms with Gasteiger partial charge in [-0.25, -0.2) is 4.39 Å². The second-order valence-corrected chi connectivity index (χ2v) is 5.46. The largest absolute Gasteiger partial charge is 0.451 e. The Morgan fingerprint density at radius 1 is 1.50 bits per heavy atom. The van der Waals surface area contributed by atoms with Crippen LogP contribution in [0.3, 0.4) is 0 Å². The fourth-order valence-electron chi connectivity index (χ4n) is 2.50. The van der Waals surface area contributed by atoms with Gasteiger partial charge in [-0.1, -0.05) is 0 Å². The third-order valence-electron chi connectivity index (χ3n) is 3.97. The summed E-state index contributed by atoms with van der Waals surface area (Å²) in [6.45, 7) is 1.94. The van der Waals surface area contributed by atoms with E-state index in [0.717, 1.165) is 6.42 Å². The molecule has 0 aliphatic heterocycles. The van der Waals surface area contributed by atoms with Gasteiger partial charge >= 0.3 is 0 Å². The van der Waals surface area contributed by atoms with E-state index < -0.39 is 5.60 Å². The number of furan rings is 1. The highest BCUT2D eigenvalue weighted by atomic mass is 19.1. The third kappa shape index (κ3) is 2.18. The Labute approximate surface area is 115 Å². The Kier molecular flexibility index (Phi) is 3.01. The van der Waals surface area contributed by atoms with Gasteiger partial charge in [0.25, 0.3) is 5.91 Å². The maximum absolute atomic E-state index is 13.2. The average molecular weight is 277 g/mol. The SMILES string of the molecule is Cc1c(C(=O)NCC2(O)CCC2)oc2ccc(F)cc12. The molecule has 1 fully saturated rings. The van der Waals surface area contributed by atoms with E-state index in [-0.39, 0.29) is 24.0 Å². The zero-order valence-electron chi connectivity index (χ0n) is 11.2. The van der Waals surface area contributed by atoms with Crippen molar-refractivity contribution >= 4 is 16.9 Å². The van der Waals surface area contributed by atoms with E-state index in [1.54, 1.807) is 6.92 Å². The topological polar surface area (TPSA) is 62.5 Å². The monoisotopic (exact) mass is 277 g/mol. The molecule has 1 aliphatic carbocycles. The molecule has 2 aromatic rings. The zero-order valence-corrected chi connectivity index (χ0v) is 11.2. The highest BCUT2D eigenvalue weighted by Gasteiger charge is 2.35. The van der Waals surface area contributed by atoms with Crippen LogP contribution in [0.1, 0.15) is 35.4 Å². The van der Waals surface area contributed by atoms with Gasteiger partial charge in [0.15, 0.2) is 5.76 Å². The molecule has 1 saturated carbocycles. The first kappa shape index (κ1) is 13.1. The molecule has 1 aliphatic rings. The molecule has 0 atom stereocenters. The minimum Gasteiger partial charge on any atom is -0.451 e. The molecule has 0 unspecified atom stereocenters. The molecule has 1 aromatic carbocycles. The van der Waals surface area contributed by atoms with E-state index in [1.165, 1.54) is 18.2 Å². The molecule has 20 heavy (non-hydrogen) atoms. The number of benzene rings is 1. The summed E-state index contributed by atoms with van der Waals surface area (Å²) in [5.74, 6) is -0.565. The molecule has 0 saturated heterocycles. The number of carbonyl (C=O) groups is 1. The Morgan fingerprint density at radius 2 is 2.25 bits per heavy atom. The lowest BCUT2D eigenvalue weighted by Crippen LogP contribution is -2.47. The molecule has 0 radical (unpaired) electrons. The summed E-state index contributed by atoms with van der Waals surface area (Å²) >= 11 is 0. The lowest BCUT2D eigenvalue weighted by atomic mass is 9.80. The number of aliphatic hydroxyl groups is 1. The van der Waals surface area contributed by atoms with Gasteiger partial charge in [-0.05, 0) is 44.4 Å². The first-order valence-corrected chi connectivity index (χ1v) is 6.68. The number of amides is 1. The molecule has 2 N–H and O–H groups in total. The fourth-order valence-corrected chi connectivity index (χ4v) is 2.50. The van der Waals surface area contributed by atoms with Crippen molar-refractivity contribution in [2.24, 2.45) is 0 Å². The minimum absolute atomic E-state index is 0.175. The summed E-state index contributed by atoms with van der Waals surface area (Å²) in [4.78, 5) is 12.1. The molecule has 1 heterocycles. The van der Waals surface area contributed by atoms with Crippen molar-refractivity contribution in [1.29, 1.82) is 0 Å². The summed E-state index contributed by atoms with van der Waals surface area (Å²) in [6, 6.07) is 4.16. The maximum Gasteiger partial charge on any atom is 0.287 e. The van der Waals surface area contributed by atoms with Gasteiger partial charge in [0.2, 0.25) is 0 Å². The van der Waals surface area contributed by atoms with Crippen LogP contribution in [0.5, 0.6) is 0 Å². The van der Waals surface area contributed by atoms with Gasteiger partial charge in [0, 0.05) is 17.5 Å². The van der Waals surface area contributed by atoms with Gasteiger partial charge in [0.1, 0.15) is 11.4 Å². The Bertz CT molecular complexity index is 673. The molecule has 106 valence electrons. The summed E-state index contributed by atoms with van der Waals surface area (Å²) in [6.07, 6.45) is 2.39. The van der Waals surface area contributed by atoms with Crippen LogP contribution in [0.25, 0.3) is 11.0 Å². The number of fused-ring (bicyclic) bond motifs is 1. The van der Waals surface area contributed by atoms with Crippen LogP contribution in [0.2, 0.25) is 0 Å². The van der Waals surface area contributed by atoms with Gasteiger partial charge < -0.3 is 14.8 Å². The molecular weight excluding hydrogens is 261 g/mol. The van der Waals surface area contributed by atoms with Crippen molar-refractivity contribution in [2.75, 3.05) is 6.54 Å². The molecule has 0 spiro atoms. The standard InChI is InChI=1S/C15H16FNO3/c1-9-11-7-10(16)3-4-12(11)20-13(9)14(18)17-8-15(19)5-2-6-15/h3-4,7,19H,2,5-6,8H2,1H3,(H,17,18). The molecule has 0 bridgehead atoms. The van der Waals surface area contributed by atoms with Crippen molar-refractivity contribution in [3.05, 3.63) is 35.3 Å². The Morgan fingerprint density at radius 3 is 2.90 bits per heavy atom. The number of hydrogen-bond acceptors (Lipinski definition) is 3. The van der Waals surface area contributed by atoms with Gasteiger partial charge in [-0.2, -0.15) is 0 Å². The van der Waals surface area contributed by atoms with Crippen molar-refractivity contribution < 1.29 is 18.7 Å². The highest BCUT2D eigenvalue weighted by Crippen LogP contribution is 2.31. The van der Waals surface area contributed by atoms with Crippen molar-refractivity contribution in [3.8, 4) is 0 Å². The van der Waals surface area contributed by atoms with Gasteiger partial charge in [0.05, 0.1) is 5.60 Å². The van der Waals surface area contributed by atoms with E-state index in [1.807, 2.05) is 0 Å². The maximum atomic E-state index is 13.2. The smallest absolute Gasteiger partial charge is 0.287 e. The quantitative estimate of drug-likeness (QED) is 0.906. The first-order chi connectivity index (χ1) is 9.48. The predicted molar refractivity (Wildman–Crippen MR) is 72.0 cm³/mol. The van der Waals surface area contributed by atoms with Crippen LogP contribution < -0.4 is 5.32 Å². The number of nitrogens with one attached hydrogen (secondary N) is 1. The highest BCUT2D eigenvalue weighted by molar-refractivity contribution is 5.98. The van der Waals surface area contributed by atoms with Crippen molar-refractivity contribution in [2.45, 2.75) is 31.8 Å². The second kappa shape index (κ2) is 4.59. The van der Waals surface area contributed by atoms with Crippen LogP contribution in [0, 0.1) is 12.7 Å². The summed E-state index contributed by atoms with van der Waals surface area (Å²) in [5, 5.41) is 13.2. The average Bonchev–Trinajstić information content (AvgIpc) is 2.71. The fraction of sp³-hybridized carbons (Fsp3) is 0.400. The summed E-state index contributed by atoms with van der Waals surface area (Å²) in [7, 11) is 0. The molecule has 4 nitrogen and oxygen atoms in total. The zero-order chi connectivity index (χ0) is 14.3. The van der Waals surface area contributed by atoms with Crippen LogP contribution in [-0.2, 0) is 0 Å². The number of aryl methyl sites for hydroxylation is 1. The Hall–Kier alpha value is -1.88. The van der Waals surface area contributed by atoms with Crippen molar-refractivity contribution in [3.63, 3.8) is 0 Å². The van der Waals surface area contributed by atoms with Gasteiger partial charge in [-0.15, -0.1) is 0 Å². The molecule has 3 rings (SSSR count). The summed E-state index contributed by atoms with van der Waals surface area (Å²) in [5.41, 5.74) is 0.316. The van der Waals surface area contributed by atoms with E-state index in [9.17, 15) is 14.3 Å². The van der Waals surface area contributed by atoms with Crippen LogP contribution in [0.4, 0.5) is 4.39 Å². The van der Waals surface area contributed by atoms with E-state index in [4.69, 9.17) is 4.42 Å². The normalized spacial score (nSPS) is 16.9. The molecule has 1 amide bonds. The minimum atomic E-state index is -0.776. The third-order valence-corrected chi connectivity index (χ3v) is 3.97. The van der Waals surface area contributed by atoms with Crippen LogP contribution in [0.15, 0.2) is 22.6 Å². The summed E-state index contributed by atoms with van der Waals surface area (Å²) < 4.78 is 18.7. The number of carbonyl (C=O) groups excluding carboxylic acids is 1. The van der Waals surface area contributed by atoms with Crippen molar-refractivity contribution in [1.82, 2.24) is 5.32 Å². The van der Waals surface area contributed by atoms with E-state index in [2.05, 4.69) is 5.32 Å². The van der Waals surface area contributed by atoms with E-state index in [0.29, 0.717) is 29.4 Å². The van der Waals surface area contributed by atoms with Crippen LogP contribution >= 0.6 is 0 Å². The van der Waals surface area contributed by atoms with E-state index >= 15 is 0 Å². The van der Waals surface area contributed by atoms with Gasteiger partial charge in [-0.3, -0.25) is 4.79 Å². The molecule has 5 heteroatoms. The number of halogens is 1. The predicted octanol–water partition coefficient (Wildman–Crippen LogP) is 2.53. The lowest BCUT2D eigenvalue weighted by Gasteiger charge is -2.36.